The molecule has 6 heteroatoms. The second kappa shape index (κ2) is 16.2. The number of allylic oxidation sites excluding steroid dienone is 7. The van der Waals surface area contributed by atoms with Gasteiger partial charge in [0.2, 0.25) is 0 Å². The Morgan fingerprint density at radius 1 is 0.731 bits per heavy atom. The van der Waals surface area contributed by atoms with E-state index in [1.807, 2.05) is 6.92 Å². The molecule has 4 aromatic carbocycles. The molecule has 0 N–H and O–H groups in total. The van der Waals surface area contributed by atoms with Crippen LogP contribution in [0, 0.1) is 16.2 Å². The van der Waals surface area contributed by atoms with Gasteiger partial charge in [0.15, 0.2) is 0 Å². The number of rotatable bonds is 8. The normalized spacial score (nSPS) is 15.2. The Balaban J connectivity index is 1.54. The molecule has 6 aromatic rings. The van der Waals surface area contributed by atoms with E-state index < -0.39 is 7.26 Å². The average Bonchev–Trinajstić information content (AvgIpc) is 3.94. The van der Waals surface area contributed by atoms with Gasteiger partial charge in [0.1, 0.15) is 0 Å². The van der Waals surface area contributed by atoms with Crippen LogP contribution in [0.4, 0.5) is 0 Å². The second-order valence-corrected chi connectivity index (χ2v) is 18.5. The van der Waals surface area contributed by atoms with Gasteiger partial charge in [-0.2, -0.15) is 0 Å². The molecule has 2 heterocycles. The Morgan fingerprint density at radius 3 is 1.79 bits per heavy atom. The number of methoxy groups -OCH3 is 2. The van der Waals surface area contributed by atoms with Crippen molar-refractivity contribution < 1.29 is 27.4 Å². The molecule has 2 aromatic heterocycles. The van der Waals surface area contributed by atoms with Crippen molar-refractivity contribution in [3.05, 3.63) is 153 Å². The van der Waals surface area contributed by atoms with Crippen LogP contribution in [0.25, 0.3) is 26.2 Å². The van der Waals surface area contributed by atoms with Crippen LogP contribution >= 0.6 is 29.9 Å². The summed E-state index contributed by atoms with van der Waals surface area (Å²) in [4.78, 5) is 2.14. The van der Waals surface area contributed by atoms with E-state index in [1.54, 1.807) is 54.8 Å². The minimum absolute atomic E-state index is 0.872. The standard InChI is InChI=1S/C46H39O2PS2.Os/c1-6-18-39-30-41-43(47-4)46-42(44(48-5)45(41)50-39)31-40(51-46)28-27-34(29-35-20-17-19-33(35)7-2)32(3)49(36-21-11-8-12-22-36,37-23-13-9-14-24-37)38-25-15-10-16-26-38;/h6-16,18,21-26,29-31H,17,19-20H2,1-2,4-5H3;/q+1;/b18-6+,33-7?,34-32?,35-29?;. The van der Waals surface area contributed by atoms with Crippen molar-refractivity contribution in [3.63, 3.8) is 0 Å². The fourth-order valence-corrected chi connectivity index (χ4v) is 15.2. The van der Waals surface area contributed by atoms with Gasteiger partial charge in [0, 0.05) is 0 Å². The van der Waals surface area contributed by atoms with Gasteiger partial charge < -0.3 is 0 Å². The molecule has 1 aliphatic rings. The minimum atomic E-state index is -2.44. The van der Waals surface area contributed by atoms with Gasteiger partial charge in [-0.1, -0.05) is 6.08 Å². The van der Waals surface area contributed by atoms with E-state index in [2.05, 4.69) is 151 Å². The number of hydrogen-bond acceptors (Lipinski definition) is 4. The monoisotopic (exact) mass is 910 g/mol. The van der Waals surface area contributed by atoms with Gasteiger partial charge in [-0.15, -0.1) is 0 Å². The Hall–Kier alpha value is -4.23. The molecule has 0 aliphatic heterocycles. The van der Waals surface area contributed by atoms with Gasteiger partial charge in [-0.3, -0.25) is 0 Å². The molecule has 1 saturated carbocycles. The van der Waals surface area contributed by atoms with E-state index in [0.29, 0.717) is 0 Å². The van der Waals surface area contributed by atoms with Gasteiger partial charge in [-0.25, -0.2) is 0 Å². The van der Waals surface area contributed by atoms with Crippen LogP contribution < -0.4 is 25.4 Å². The average molecular weight is 909 g/mol. The number of hydrogen-bond donors (Lipinski definition) is 0. The number of benzene rings is 4. The van der Waals surface area contributed by atoms with Crippen LogP contribution in [-0.4, -0.2) is 14.2 Å². The van der Waals surface area contributed by atoms with Gasteiger partial charge in [0.05, 0.1) is 0 Å². The van der Waals surface area contributed by atoms with Crippen LogP contribution in [0.2, 0.25) is 0 Å². The first-order chi connectivity index (χ1) is 25.6. The fraction of sp³-hybridized carbons (Fsp3) is 0.152. The van der Waals surface area contributed by atoms with Crippen LogP contribution in [-0.2, 0) is 17.9 Å². The van der Waals surface area contributed by atoms with Crippen LogP contribution in [0.5, 0.6) is 11.5 Å². The molecule has 0 amide bonds. The molecule has 259 valence electrons. The third kappa shape index (κ3) is 6.61. The molecule has 7 rings (SSSR count). The van der Waals surface area contributed by atoms with Crippen molar-refractivity contribution in [1.29, 1.82) is 0 Å². The summed E-state index contributed by atoms with van der Waals surface area (Å²) in [6, 6.07) is 37.4. The summed E-state index contributed by atoms with van der Waals surface area (Å²) >= 11 is 5.19. The molecule has 0 unspecified atom stereocenters. The molecule has 1 aliphatic carbocycles. The number of ether oxygens (including phenoxy) is 2. The zero-order chi connectivity index (χ0) is 36.1. The third-order valence-corrected chi connectivity index (χ3v) is 17.0. The van der Waals surface area contributed by atoms with Crippen LogP contribution in [0.1, 0.15) is 42.9 Å². The SMILES string of the molecule is CC=C1CCCC1=CC(C#Cc1cc2c(OC)c3sc(/C=C/C)cc3c(OC)c2s1)=C([C]#[Os])[P+](c1ccccc1)(c1ccccc1)c1ccccc1. The van der Waals surface area contributed by atoms with Crippen molar-refractivity contribution in [2.75, 3.05) is 14.2 Å². The van der Waals surface area contributed by atoms with Crippen molar-refractivity contribution >= 4 is 72.1 Å². The van der Waals surface area contributed by atoms with E-state index in [0.717, 1.165) is 66.7 Å². The fourth-order valence-electron chi connectivity index (χ4n) is 7.26. The third-order valence-electron chi connectivity index (χ3n) is 9.52. The Bertz CT molecular complexity index is 2330. The van der Waals surface area contributed by atoms with Gasteiger partial charge >= 0.3 is 309 Å². The van der Waals surface area contributed by atoms with Crippen LogP contribution in [0.3, 0.4) is 0 Å². The van der Waals surface area contributed by atoms with E-state index in [4.69, 9.17) is 9.47 Å². The first-order valence-corrected chi connectivity index (χ1v) is 22.0. The molecule has 0 saturated heterocycles. The number of thiophene rings is 2. The predicted octanol–water partition coefficient (Wildman–Crippen LogP) is 11.3. The molecule has 0 atom stereocenters. The van der Waals surface area contributed by atoms with Gasteiger partial charge in [0.25, 0.3) is 0 Å². The predicted molar refractivity (Wildman–Crippen MR) is 224 cm³/mol. The second-order valence-electron chi connectivity index (χ2n) is 12.4. The first-order valence-electron chi connectivity index (χ1n) is 17.3. The molecule has 0 radical (unpaired) electrons. The van der Waals surface area contributed by atoms with E-state index in [-0.39, 0.29) is 0 Å². The topological polar surface area (TPSA) is 18.5 Å². The summed E-state index contributed by atoms with van der Waals surface area (Å²) in [5.74, 6) is 9.20. The summed E-state index contributed by atoms with van der Waals surface area (Å²) in [5.41, 5.74) is 3.80. The van der Waals surface area contributed by atoms with Crippen molar-refractivity contribution in [3.8, 4) is 27.7 Å². The van der Waals surface area contributed by atoms with Crippen molar-refractivity contribution in [1.82, 2.24) is 0 Å². The zero-order valence-electron chi connectivity index (χ0n) is 29.7. The first kappa shape index (κ1) is 36.1. The summed E-state index contributed by atoms with van der Waals surface area (Å²) in [7, 11) is 1.07. The van der Waals surface area contributed by atoms with E-state index >= 15 is 0 Å². The summed E-state index contributed by atoms with van der Waals surface area (Å²) < 4.78 is 18.1. The molecule has 0 bridgehead atoms. The molecular weight excluding hydrogens is 870 g/mol. The van der Waals surface area contributed by atoms with E-state index in [9.17, 15) is 0 Å². The number of fused-ring (bicyclic) bond motifs is 2. The van der Waals surface area contributed by atoms with Crippen molar-refractivity contribution in [2.45, 2.75) is 33.1 Å². The quantitative estimate of drug-likeness (QED) is 0.112. The van der Waals surface area contributed by atoms with Gasteiger partial charge in [-0.05, 0) is 13.0 Å². The molecule has 1 fully saturated rings. The Labute approximate surface area is 325 Å². The van der Waals surface area contributed by atoms with Crippen molar-refractivity contribution in [2.24, 2.45) is 0 Å². The van der Waals surface area contributed by atoms with Crippen LogP contribution in [0.15, 0.2) is 143 Å². The van der Waals surface area contributed by atoms with E-state index in [1.165, 1.54) is 31.9 Å². The maximum absolute atomic E-state index is 6.09. The Kier molecular flexibility index (Phi) is 11.3. The summed E-state index contributed by atoms with van der Waals surface area (Å²) in [5, 5.41) is 7.10. The summed E-state index contributed by atoms with van der Waals surface area (Å²) in [6.45, 7) is 4.20. The summed E-state index contributed by atoms with van der Waals surface area (Å²) in [6.07, 6.45) is 12.1. The molecule has 52 heavy (non-hydrogen) atoms. The maximum atomic E-state index is 6.09. The zero-order valence-corrected chi connectivity index (χ0v) is 34.7. The molecular formula is C46H39O2OsPS2+. The molecule has 0 spiro atoms. The molecule has 2 nitrogen and oxygen atoms in total. The Morgan fingerprint density at radius 2 is 1.27 bits per heavy atom.